The second kappa shape index (κ2) is 7.48. The van der Waals surface area contributed by atoms with Gasteiger partial charge in [0.1, 0.15) is 11.3 Å². The molecule has 0 fully saturated rings. The first-order valence-electron chi connectivity index (χ1n) is 8.36. The standard InChI is InChI=1S/C19H26O3/c1-4-6-8-9-14-11-16-13(3)15(10-7-5-2)19(21)22-18(16)12-17(14)20/h11-12,20H,4-10H2,1-3H3. The number of hydrogen-bond acceptors (Lipinski definition) is 3. The molecule has 0 amide bonds. The predicted molar refractivity (Wildman–Crippen MR) is 90.7 cm³/mol. The Kier molecular flexibility index (Phi) is 5.64. The number of phenolic OH excluding ortho intramolecular Hbond substituents is 1. The van der Waals surface area contributed by atoms with Crippen LogP contribution in [0.4, 0.5) is 0 Å². The predicted octanol–water partition coefficient (Wildman–Crippen LogP) is 4.88. The monoisotopic (exact) mass is 302 g/mol. The van der Waals surface area contributed by atoms with Crippen LogP contribution in [0.15, 0.2) is 21.3 Å². The minimum absolute atomic E-state index is 0.229. The zero-order valence-electron chi connectivity index (χ0n) is 13.9. The summed E-state index contributed by atoms with van der Waals surface area (Å²) in [4.78, 5) is 12.1. The van der Waals surface area contributed by atoms with Gasteiger partial charge in [-0.2, -0.15) is 0 Å². The molecule has 0 aliphatic heterocycles. The molecule has 0 bridgehead atoms. The fourth-order valence-corrected chi connectivity index (χ4v) is 2.88. The van der Waals surface area contributed by atoms with E-state index in [0.29, 0.717) is 5.58 Å². The van der Waals surface area contributed by atoms with Crippen molar-refractivity contribution in [1.29, 1.82) is 0 Å². The summed E-state index contributed by atoms with van der Waals surface area (Å²) in [5, 5.41) is 11.1. The molecule has 0 aliphatic carbocycles. The van der Waals surface area contributed by atoms with Gasteiger partial charge in [-0.15, -0.1) is 0 Å². The zero-order valence-corrected chi connectivity index (χ0v) is 13.9. The summed E-state index contributed by atoms with van der Waals surface area (Å²) in [6.45, 7) is 6.26. The number of rotatable bonds is 7. The first kappa shape index (κ1) is 16.6. The van der Waals surface area contributed by atoms with Crippen molar-refractivity contribution in [2.75, 3.05) is 0 Å². The number of aromatic hydroxyl groups is 1. The van der Waals surface area contributed by atoms with Gasteiger partial charge in [0.25, 0.3) is 0 Å². The molecule has 1 N–H and O–H groups in total. The maximum absolute atomic E-state index is 12.1. The van der Waals surface area contributed by atoms with E-state index in [2.05, 4.69) is 13.8 Å². The topological polar surface area (TPSA) is 50.4 Å². The zero-order chi connectivity index (χ0) is 16.1. The number of phenols is 1. The Hall–Kier alpha value is -1.77. The lowest BCUT2D eigenvalue weighted by atomic mass is 9.98. The van der Waals surface area contributed by atoms with E-state index in [1.54, 1.807) is 6.07 Å². The largest absolute Gasteiger partial charge is 0.508 e. The van der Waals surface area contributed by atoms with E-state index in [4.69, 9.17) is 4.42 Å². The Balaban J connectivity index is 2.46. The van der Waals surface area contributed by atoms with Crippen LogP contribution in [0.3, 0.4) is 0 Å². The maximum atomic E-state index is 12.1. The maximum Gasteiger partial charge on any atom is 0.339 e. The second-order valence-corrected chi connectivity index (χ2v) is 6.03. The summed E-state index contributed by atoms with van der Waals surface area (Å²) in [5.74, 6) is 0.229. The van der Waals surface area contributed by atoms with Crippen molar-refractivity contribution in [2.24, 2.45) is 0 Å². The summed E-state index contributed by atoms with van der Waals surface area (Å²) >= 11 is 0. The van der Waals surface area contributed by atoms with E-state index in [-0.39, 0.29) is 11.4 Å². The van der Waals surface area contributed by atoms with Gasteiger partial charge in [-0.05, 0) is 49.8 Å². The van der Waals surface area contributed by atoms with Gasteiger partial charge in [0.2, 0.25) is 0 Å². The smallest absolute Gasteiger partial charge is 0.339 e. The van der Waals surface area contributed by atoms with Crippen molar-refractivity contribution in [3.63, 3.8) is 0 Å². The van der Waals surface area contributed by atoms with Crippen LogP contribution in [0.5, 0.6) is 5.75 Å². The van der Waals surface area contributed by atoms with Crippen LogP contribution >= 0.6 is 0 Å². The molecule has 0 saturated heterocycles. The quantitative estimate of drug-likeness (QED) is 0.585. The van der Waals surface area contributed by atoms with Crippen LogP contribution in [-0.4, -0.2) is 5.11 Å². The molecule has 0 radical (unpaired) electrons. The van der Waals surface area contributed by atoms with E-state index in [1.807, 2.05) is 13.0 Å². The number of benzene rings is 1. The van der Waals surface area contributed by atoms with Crippen LogP contribution in [0.1, 0.15) is 62.6 Å². The van der Waals surface area contributed by atoms with Crippen molar-refractivity contribution >= 4 is 11.0 Å². The second-order valence-electron chi connectivity index (χ2n) is 6.03. The van der Waals surface area contributed by atoms with Gasteiger partial charge in [0.05, 0.1) is 0 Å². The number of unbranched alkanes of at least 4 members (excludes halogenated alkanes) is 3. The number of fused-ring (bicyclic) bond motifs is 1. The Bertz CT molecular complexity index is 698. The lowest BCUT2D eigenvalue weighted by molar-refractivity contribution is 0.464. The molecule has 22 heavy (non-hydrogen) atoms. The summed E-state index contributed by atoms with van der Waals surface area (Å²) in [6.07, 6.45) is 7.03. The number of aryl methyl sites for hydroxylation is 2. The molecule has 1 aromatic carbocycles. The third-order valence-electron chi connectivity index (χ3n) is 4.32. The van der Waals surface area contributed by atoms with Crippen molar-refractivity contribution in [3.05, 3.63) is 39.2 Å². The minimum atomic E-state index is -0.267. The fourth-order valence-electron chi connectivity index (χ4n) is 2.88. The summed E-state index contributed by atoms with van der Waals surface area (Å²) in [5.41, 5.74) is 2.94. The van der Waals surface area contributed by atoms with E-state index in [1.165, 1.54) is 0 Å². The molecule has 2 aromatic rings. The van der Waals surface area contributed by atoms with E-state index in [9.17, 15) is 9.90 Å². The van der Waals surface area contributed by atoms with Gasteiger partial charge in [-0.3, -0.25) is 0 Å². The van der Waals surface area contributed by atoms with Crippen LogP contribution in [0, 0.1) is 6.92 Å². The van der Waals surface area contributed by atoms with E-state index >= 15 is 0 Å². The molecular formula is C19H26O3. The summed E-state index contributed by atoms with van der Waals surface area (Å²) < 4.78 is 5.42. The SMILES string of the molecule is CCCCCc1cc2c(C)c(CCCC)c(=O)oc2cc1O. The van der Waals surface area contributed by atoms with Crippen molar-refractivity contribution in [2.45, 2.75) is 65.7 Å². The van der Waals surface area contributed by atoms with Crippen LogP contribution in [-0.2, 0) is 12.8 Å². The van der Waals surface area contributed by atoms with Gasteiger partial charge in [-0.1, -0.05) is 33.1 Å². The molecule has 0 atom stereocenters. The number of hydrogen-bond donors (Lipinski definition) is 1. The molecule has 2 rings (SSSR count). The molecule has 1 heterocycles. The highest BCUT2D eigenvalue weighted by Gasteiger charge is 2.13. The third kappa shape index (κ3) is 3.52. The Morgan fingerprint density at radius 3 is 2.45 bits per heavy atom. The Morgan fingerprint density at radius 2 is 1.77 bits per heavy atom. The highest BCUT2D eigenvalue weighted by atomic mass is 16.4. The molecule has 0 aliphatic rings. The first-order chi connectivity index (χ1) is 10.6. The molecule has 1 aromatic heterocycles. The van der Waals surface area contributed by atoms with Gasteiger partial charge < -0.3 is 9.52 Å². The molecule has 120 valence electrons. The molecule has 0 spiro atoms. The summed E-state index contributed by atoms with van der Waals surface area (Å²) in [6, 6.07) is 3.59. The summed E-state index contributed by atoms with van der Waals surface area (Å²) in [7, 11) is 0. The van der Waals surface area contributed by atoms with Gasteiger partial charge in [-0.25, -0.2) is 4.79 Å². The first-order valence-corrected chi connectivity index (χ1v) is 8.36. The normalized spacial score (nSPS) is 11.2. The Labute approximate surface area is 132 Å². The highest BCUT2D eigenvalue weighted by Crippen LogP contribution is 2.29. The highest BCUT2D eigenvalue weighted by molar-refractivity contribution is 5.83. The van der Waals surface area contributed by atoms with E-state index in [0.717, 1.165) is 67.0 Å². The minimum Gasteiger partial charge on any atom is -0.508 e. The van der Waals surface area contributed by atoms with Gasteiger partial charge in [0.15, 0.2) is 0 Å². The van der Waals surface area contributed by atoms with E-state index < -0.39 is 0 Å². The fraction of sp³-hybridized carbons (Fsp3) is 0.526. The van der Waals surface area contributed by atoms with Crippen molar-refractivity contribution in [1.82, 2.24) is 0 Å². The molecular weight excluding hydrogens is 276 g/mol. The molecule has 3 heteroatoms. The average Bonchev–Trinajstić information content (AvgIpc) is 2.48. The van der Waals surface area contributed by atoms with Crippen molar-refractivity contribution < 1.29 is 9.52 Å². The lowest BCUT2D eigenvalue weighted by Gasteiger charge is -2.10. The van der Waals surface area contributed by atoms with Crippen LogP contribution in [0.2, 0.25) is 0 Å². The van der Waals surface area contributed by atoms with Crippen LogP contribution in [0.25, 0.3) is 11.0 Å². The van der Waals surface area contributed by atoms with Crippen LogP contribution < -0.4 is 5.63 Å². The Morgan fingerprint density at radius 1 is 1.05 bits per heavy atom. The van der Waals surface area contributed by atoms with Gasteiger partial charge >= 0.3 is 5.63 Å². The molecule has 0 unspecified atom stereocenters. The average molecular weight is 302 g/mol. The molecule has 3 nitrogen and oxygen atoms in total. The third-order valence-corrected chi connectivity index (χ3v) is 4.32. The lowest BCUT2D eigenvalue weighted by Crippen LogP contribution is -2.10. The van der Waals surface area contributed by atoms with Crippen molar-refractivity contribution in [3.8, 4) is 5.75 Å². The van der Waals surface area contributed by atoms with Gasteiger partial charge in [0, 0.05) is 17.0 Å². The molecule has 0 saturated carbocycles.